The molecule has 0 saturated heterocycles. The molecule has 0 saturated carbocycles. The van der Waals surface area contributed by atoms with E-state index < -0.39 is 10.0 Å². The smallest absolute Gasteiger partial charge is 0.261 e. The van der Waals surface area contributed by atoms with E-state index in [9.17, 15) is 13.2 Å². The van der Waals surface area contributed by atoms with Gasteiger partial charge >= 0.3 is 0 Å². The highest BCUT2D eigenvalue weighted by molar-refractivity contribution is 7.92. The molecule has 3 aromatic carbocycles. The summed E-state index contributed by atoms with van der Waals surface area (Å²) in [6.07, 6.45) is 3.43. The van der Waals surface area contributed by atoms with Crippen LogP contribution in [0.1, 0.15) is 57.6 Å². The second-order valence-corrected chi connectivity index (χ2v) is 10.2. The molecule has 0 aromatic heterocycles. The first kappa shape index (κ1) is 22.1. The van der Waals surface area contributed by atoms with Gasteiger partial charge in [-0.05, 0) is 92.6 Å². The van der Waals surface area contributed by atoms with E-state index in [1.54, 1.807) is 49.4 Å². The minimum atomic E-state index is -3.70. The summed E-state index contributed by atoms with van der Waals surface area (Å²) in [6.45, 7) is 5.67. The van der Waals surface area contributed by atoms with Gasteiger partial charge in [-0.15, -0.1) is 0 Å². The number of rotatable bonds is 6. The highest BCUT2D eigenvalue weighted by atomic mass is 32.2. The molecule has 4 rings (SSSR count). The Morgan fingerprint density at radius 1 is 0.906 bits per heavy atom. The molecule has 1 amide bonds. The van der Waals surface area contributed by atoms with Crippen molar-refractivity contribution in [3.63, 3.8) is 0 Å². The highest BCUT2D eigenvalue weighted by Gasteiger charge is 2.18. The van der Waals surface area contributed by atoms with Crippen molar-refractivity contribution in [3.05, 3.63) is 94.0 Å². The lowest BCUT2D eigenvalue weighted by atomic mass is 10.0. The molecular weight excluding hydrogens is 420 g/mol. The van der Waals surface area contributed by atoms with Crippen molar-refractivity contribution in [2.75, 3.05) is 4.72 Å². The first-order valence-electron chi connectivity index (χ1n) is 10.9. The first-order valence-corrected chi connectivity index (χ1v) is 12.3. The molecule has 1 aliphatic carbocycles. The number of amides is 1. The van der Waals surface area contributed by atoms with Crippen LogP contribution in [0, 0.1) is 13.8 Å². The highest BCUT2D eigenvalue weighted by Crippen LogP contribution is 2.26. The molecule has 0 fully saturated rings. The molecule has 0 unspecified atom stereocenters. The average Bonchev–Trinajstić information content (AvgIpc) is 3.23. The molecule has 2 N–H and O–H groups in total. The topological polar surface area (TPSA) is 75.3 Å². The maximum atomic E-state index is 12.8. The van der Waals surface area contributed by atoms with Gasteiger partial charge in [0.15, 0.2) is 0 Å². The number of hydrogen-bond acceptors (Lipinski definition) is 3. The van der Waals surface area contributed by atoms with Crippen LogP contribution in [0.3, 0.4) is 0 Å². The first-order chi connectivity index (χ1) is 15.2. The molecule has 1 aliphatic rings. The molecule has 1 atom stereocenters. The van der Waals surface area contributed by atoms with Crippen molar-refractivity contribution in [2.24, 2.45) is 0 Å². The van der Waals surface area contributed by atoms with Gasteiger partial charge in [0, 0.05) is 5.56 Å². The molecule has 0 aliphatic heterocycles. The number of carbonyl (C=O) groups is 1. The van der Waals surface area contributed by atoms with E-state index in [0.29, 0.717) is 16.8 Å². The Morgan fingerprint density at radius 3 is 2.34 bits per heavy atom. The van der Waals surface area contributed by atoms with Gasteiger partial charge in [-0.2, -0.15) is 0 Å². The van der Waals surface area contributed by atoms with E-state index in [1.807, 2.05) is 13.8 Å². The van der Waals surface area contributed by atoms with Crippen molar-refractivity contribution >= 4 is 21.6 Å². The zero-order valence-corrected chi connectivity index (χ0v) is 19.4. The summed E-state index contributed by atoms with van der Waals surface area (Å²) in [5, 5.41) is 3.05. The number of hydrogen-bond donors (Lipinski definition) is 2. The molecular formula is C26H28N2O3S. The third-order valence-corrected chi connectivity index (χ3v) is 7.42. The van der Waals surface area contributed by atoms with Crippen LogP contribution in [0.5, 0.6) is 0 Å². The van der Waals surface area contributed by atoms with Crippen LogP contribution in [-0.2, 0) is 22.9 Å². The van der Waals surface area contributed by atoms with Gasteiger partial charge in [0.2, 0.25) is 0 Å². The number of sulfonamides is 1. The average molecular weight is 449 g/mol. The Bertz CT molecular complexity index is 1260. The zero-order chi connectivity index (χ0) is 22.9. The van der Waals surface area contributed by atoms with Gasteiger partial charge in [0.25, 0.3) is 15.9 Å². The Morgan fingerprint density at radius 2 is 1.62 bits per heavy atom. The number of fused-ring (bicyclic) bond motifs is 1. The second-order valence-electron chi connectivity index (χ2n) is 8.53. The SMILES string of the molecule is Cc1ccc(S(=O)(=O)Nc2ccc(C(=O)N[C@@H](C)c3ccc4c(c3)CCC4)cc2C)cc1. The second kappa shape index (κ2) is 8.79. The minimum Gasteiger partial charge on any atom is -0.346 e. The predicted octanol–water partition coefficient (Wildman–Crippen LogP) is 5.08. The standard InChI is InChI=1S/C26H28N2O3S/c1-17-7-12-24(13-8-17)32(30,31)28-25-14-11-23(15-18(25)2)26(29)27-19(3)21-10-9-20-5-4-6-22(20)16-21/h7-16,19,28H,4-6H2,1-3H3,(H,27,29)/t19-/m0/s1. The summed E-state index contributed by atoms with van der Waals surface area (Å²) < 4.78 is 28.0. The Labute approximate surface area is 189 Å². The van der Waals surface area contributed by atoms with Crippen molar-refractivity contribution in [1.29, 1.82) is 0 Å². The largest absolute Gasteiger partial charge is 0.346 e. The van der Waals surface area contributed by atoms with Gasteiger partial charge < -0.3 is 5.32 Å². The lowest BCUT2D eigenvalue weighted by Gasteiger charge is -2.17. The molecule has 166 valence electrons. The molecule has 5 nitrogen and oxygen atoms in total. The fourth-order valence-corrected chi connectivity index (χ4v) is 5.20. The Balaban J connectivity index is 1.46. The minimum absolute atomic E-state index is 0.117. The lowest BCUT2D eigenvalue weighted by molar-refractivity contribution is 0.0940. The number of benzene rings is 3. The molecule has 0 radical (unpaired) electrons. The summed E-state index contributed by atoms with van der Waals surface area (Å²) >= 11 is 0. The number of nitrogens with one attached hydrogen (secondary N) is 2. The third-order valence-electron chi connectivity index (χ3n) is 6.03. The summed E-state index contributed by atoms with van der Waals surface area (Å²) in [4.78, 5) is 13.0. The zero-order valence-electron chi connectivity index (χ0n) is 18.6. The van der Waals surface area contributed by atoms with Crippen LogP contribution in [0.4, 0.5) is 5.69 Å². The van der Waals surface area contributed by atoms with Gasteiger partial charge in [0.05, 0.1) is 16.6 Å². The number of anilines is 1. The maximum absolute atomic E-state index is 12.8. The molecule has 0 bridgehead atoms. The summed E-state index contributed by atoms with van der Waals surface area (Å²) in [5.41, 5.74) is 6.50. The normalized spacial score (nSPS) is 14.0. The van der Waals surface area contributed by atoms with Crippen molar-refractivity contribution < 1.29 is 13.2 Å². The van der Waals surface area contributed by atoms with Crippen LogP contribution in [0.25, 0.3) is 0 Å². The van der Waals surface area contributed by atoms with E-state index >= 15 is 0 Å². The fourth-order valence-electron chi connectivity index (χ4n) is 4.06. The van der Waals surface area contributed by atoms with Crippen LogP contribution in [0.15, 0.2) is 65.6 Å². The van der Waals surface area contributed by atoms with E-state index in [1.165, 1.54) is 17.5 Å². The monoisotopic (exact) mass is 448 g/mol. The Hall–Kier alpha value is -3.12. The molecule has 3 aromatic rings. The molecule has 0 spiro atoms. The summed E-state index contributed by atoms with van der Waals surface area (Å²) in [6, 6.07) is 18.0. The lowest BCUT2D eigenvalue weighted by Crippen LogP contribution is -2.27. The van der Waals surface area contributed by atoms with Gasteiger partial charge in [0.1, 0.15) is 0 Å². The van der Waals surface area contributed by atoms with Crippen LogP contribution < -0.4 is 10.0 Å². The summed E-state index contributed by atoms with van der Waals surface area (Å²) in [5.74, 6) is -0.186. The molecule has 0 heterocycles. The van der Waals surface area contributed by atoms with Gasteiger partial charge in [-0.1, -0.05) is 35.9 Å². The van der Waals surface area contributed by atoms with E-state index in [4.69, 9.17) is 0 Å². The Kier molecular flexibility index (Phi) is 6.07. The predicted molar refractivity (Wildman–Crippen MR) is 128 cm³/mol. The maximum Gasteiger partial charge on any atom is 0.261 e. The van der Waals surface area contributed by atoms with Crippen LogP contribution >= 0.6 is 0 Å². The number of aryl methyl sites for hydroxylation is 4. The number of carbonyl (C=O) groups excluding carboxylic acids is 1. The van der Waals surface area contributed by atoms with Gasteiger partial charge in [-0.3, -0.25) is 9.52 Å². The fraction of sp³-hybridized carbons (Fsp3) is 0.269. The quantitative estimate of drug-likeness (QED) is 0.552. The van der Waals surface area contributed by atoms with Crippen molar-refractivity contribution in [3.8, 4) is 0 Å². The van der Waals surface area contributed by atoms with Crippen LogP contribution in [0.2, 0.25) is 0 Å². The van der Waals surface area contributed by atoms with Crippen LogP contribution in [-0.4, -0.2) is 14.3 Å². The van der Waals surface area contributed by atoms with E-state index in [0.717, 1.165) is 24.0 Å². The van der Waals surface area contributed by atoms with E-state index in [2.05, 4.69) is 28.2 Å². The van der Waals surface area contributed by atoms with Gasteiger partial charge in [-0.25, -0.2) is 8.42 Å². The third kappa shape index (κ3) is 4.70. The van der Waals surface area contributed by atoms with Crippen molar-refractivity contribution in [1.82, 2.24) is 5.32 Å². The summed E-state index contributed by atoms with van der Waals surface area (Å²) in [7, 11) is -3.70. The molecule has 6 heteroatoms. The van der Waals surface area contributed by atoms with Crippen molar-refractivity contribution in [2.45, 2.75) is 51.0 Å². The van der Waals surface area contributed by atoms with E-state index in [-0.39, 0.29) is 16.8 Å². The molecule has 32 heavy (non-hydrogen) atoms.